The molecule has 0 atom stereocenters. The average molecular weight is 517 g/mol. The maximum absolute atomic E-state index is 13.3. The van der Waals surface area contributed by atoms with Gasteiger partial charge in [0.2, 0.25) is 0 Å². The van der Waals surface area contributed by atoms with Gasteiger partial charge in [0.05, 0.1) is 16.8 Å². The van der Waals surface area contributed by atoms with Crippen molar-refractivity contribution in [1.29, 1.82) is 0 Å². The lowest BCUT2D eigenvalue weighted by Gasteiger charge is -2.15. The molecule has 0 bridgehead atoms. The molecule has 0 saturated heterocycles. The third-order valence-electron chi connectivity index (χ3n) is 6.35. The Morgan fingerprint density at radius 2 is 1.56 bits per heavy atom. The normalized spacial score (nSPS) is 10.7. The summed E-state index contributed by atoms with van der Waals surface area (Å²) in [6, 6.07) is 32.5. The van der Waals surface area contributed by atoms with Crippen LogP contribution in [0.25, 0.3) is 22.2 Å². The minimum absolute atomic E-state index is 0.392. The van der Waals surface area contributed by atoms with Crippen LogP contribution in [0.4, 0.5) is 5.69 Å². The number of benzene rings is 4. The summed E-state index contributed by atoms with van der Waals surface area (Å²) in [5.74, 6) is -0.244. The molecular weight excluding hydrogens is 488 g/mol. The monoisotopic (exact) mass is 516 g/mol. The Balaban J connectivity index is 1.36. The Kier molecular flexibility index (Phi) is 7.64. The maximum atomic E-state index is 13.3. The van der Waals surface area contributed by atoms with Gasteiger partial charge in [0.15, 0.2) is 6.61 Å². The summed E-state index contributed by atoms with van der Waals surface area (Å²) in [6.45, 7) is 3.86. The van der Waals surface area contributed by atoms with E-state index in [0.29, 0.717) is 40.0 Å². The first-order valence-corrected chi connectivity index (χ1v) is 12.7. The second kappa shape index (κ2) is 11.6. The van der Waals surface area contributed by atoms with Gasteiger partial charge in [-0.1, -0.05) is 60.7 Å². The maximum Gasteiger partial charge on any atom is 0.339 e. The lowest BCUT2D eigenvalue weighted by Crippen LogP contribution is -2.21. The molecule has 6 nitrogen and oxygen atoms in total. The first-order chi connectivity index (χ1) is 19.0. The van der Waals surface area contributed by atoms with Crippen molar-refractivity contribution in [3.05, 3.63) is 125 Å². The number of rotatable bonds is 8. The zero-order valence-electron chi connectivity index (χ0n) is 21.8. The molecule has 4 aromatic carbocycles. The van der Waals surface area contributed by atoms with Crippen molar-refractivity contribution in [2.75, 3.05) is 11.9 Å². The van der Waals surface area contributed by atoms with Crippen LogP contribution in [0.15, 0.2) is 103 Å². The van der Waals surface area contributed by atoms with E-state index in [2.05, 4.69) is 5.32 Å². The standard InChI is InChI=1S/C33H28N2O4/c1-22-9-8-12-26(19-22)34-30(36)21-39-33(37)31-23(2)32(35-29-14-7-6-13-28(29)31)25-15-17-27(18-16-25)38-20-24-10-4-3-5-11-24/h3-19H,20-21H2,1-2H3,(H,34,36). The Hall–Kier alpha value is -4.97. The van der Waals surface area contributed by atoms with Gasteiger partial charge in [-0.2, -0.15) is 0 Å². The first kappa shape index (κ1) is 25.7. The molecule has 1 amide bonds. The van der Waals surface area contributed by atoms with Gasteiger partial charge in [-0.3, -0.25) is 4.79 Å². The number of ether oxygens (including phenoxy) is 2. The molecule has 5 rings (SSSR count). The van der Waals surface area contributed by atoms with E-state index in [4.69, 9.17) is 14.5 Å². The summed E-state index contributed by atoms with van der Waals surface area (Å²) in [5.41, 5.74) is 6.00. The summed E-state index contributed by atoms with van der Waals surface area (Å²) < 4.78 is 11.4. The summed E-state index contributed by atoms with van der Waals surface area (Å²) in [4.78, 5) is 30.6. The number of hydrogen-bond acceptors (Lipinski definition) is 5. The second-order valence-corrected chi connectivity index (χ2v) is 9.27. The molecule has 6 heteroatoms. The van der Waals surface area contributed by atoms with Crippen LogP contribution >= 0.6 is 0 Å². The molecule has 1 aromatic heterocycles. The highest BCUT2D eigenvalue weighted by Crippen LogP contribution is 2.31. The van der Waals surface area contributed by atoms with Crippen molar-refractivity contribution >= 4 is 28.5 Å². The number of hydrogen-bond donors (Lipinski definition) is 1. The van der Waals surface area contributed by atoms with Crippen LogP contribution in [-0.2, 0) is 16.1 Å². The minimum atomic E-state index is -0.574. The molecule has 0 saturated carbocycles. The summed E-state index contributed by atoms with van der Waals surface area (Å²) >= 11 is 0. The molecule has 1 N–H and O–H groups in total. The molecule has 0 spiro atoms. The van der Waals surface area contributed by atoms with Crippen molar-refractivity contribution in [3.8, 4) is 17.0 Å². The van der Waals surface area contributed by atoms with Gasteiger partial charge in [0.25, 0.3) is 5.91 Å². The van der Waals surface area contributed by atoms with Gasteiger partial charge < -0.3 is 14.8 Å². The van der Waals surface area contributed by atoms with Crippen LogP contribution in [0.5, 0.6) is 5.75 Å². The Labute approximate surface area is 227 Å². The van der Waals surface area contributed by atoms with Crippen molar-refractivity contribution in [1.82, 2.24) is 4.98 Å². The van der Waals surface area contributed by atoms with Crippen LogP contribution in [0.1, 0.15) is 27.0 Å². The summed E-state index contributed by atoms with van der Waals surface area (Å²) in [5, 5.41) is 3.44. The van der Waals surface area contributed by atoms with Crippen molar-refractivity contribution in [2.45, 2.75) is 20.5 Å². The number of nitrogens with zero attached hydrogens (tertiary/aromatic N) is 1. The molecular formula is C33H28N2O4. The number of fused-ring (bicyclic) bond motifs is 1. The second-order valence-electron chi connectivity index (χ2n) is 9.27. The van der Waals surface area contributed by atoms with Crippen LogP contribution < -0.4 is 10.1 Å². The number of esters is 1. The van der Waals surface area contributed by atoms with Crippen LogP contribution in [0, 0.1) is 13.8 Å². The van der Waals surface area contributed by atoms with E-state index >= 15 is 0 Å². The number of nitrogens with one attached hydrogen (secondary N) is 1. The lowest BCUT2D eigenvalue weighted by atomic mass is 9.97. The van der Waals surface area contributed by atoms with Crippen molar-refractivity contribution in [3.63, 3.8) is 0 Å². The molecule has 0 fully saturated rings. The first-order valence-electron chi connectivity index (χ1n) is 12.7. The molecule has 0 aliphatic heterocycles. The van der Waals surface area contributed by atoms with Gasteiger partial charge in [-0.15, -0.1) is 0 Å². The Bertz CT molecular complexity index is 1630. The van der Waals surface area contributed by atoms with E-state index < -0.39 is 18.5 Å². The molecule has 0 unspecified atom stereocenters. The van der Waals surface area contributed by atoms with Gasteiger partial charge in [-0.05, 0) is 73.0 Å². The van der Waals surface area contributed by atoms with Gasteiger partial charge in [0, 0.05) is 16.6 Å². The fourth-order valence-electron chi connectivity index (χ4n) is 4.42. The van der Waals surface area contributed by atoms with E-state index in [9.17, 15) is 9.59 Å². The fourth-order valence-corrected chi connectivity index (χ4v) is 4.42. The third-order valence-corrected chi connectivity index (χ3v) is 6.35. The Morgan fingerprint density at radius 1 is 0.821 bits per heavy atom. The lowest BCUT2D eigenvalue weighted by molar-refractivity contribution is -0.119. The largest absolute Gasteiger partial charge is 0.489 e. The molecule has 194 valence electrons. The number of amides is 1. The quantitative estimate of drug-likeness (QED) is 0.227. The minimum Gasteiger partial charge on any atom is -0.489 e. The highest BCUT2D eigenvalue weighted by atomic mass is 16.5. The van der Waals surface area contributed by atoms with Gasteiger partial charge >= 0.3 is 5.97 Å². The number of aryl methyl sites for hydroxylation is 1. The van der Waals surface area contributed by atoms with E-state index in [1.54, 1.807) is 6.07 Å². The van der Waals surface area contributed by atoms with Crippen LogP contribution in [0.2, 0.25) is 0 Å². The third kappa shape index (κ3) is 6.13. The molecule has 39 heavy (non-hydrogen) atoms. The molecule has 5 aromatic rings. The van der Waals surface area contributed by atoms with E-state index in [1.807, 2.05) is 111 Å². The fraction of sp³-hybridized carbons (Fsp3) is 0.121. The smallest absolute Gasteiger partial charge is 0.339 e. The van der Waals surface area contributed by atoms with E-state index in [1.165, 1.54) is 0 Å². The predicted octanol–water partition coefficient (Wildman–Crippen LogP) is 6.89. The topological polar surface area (TPSA) is 77.5 Å². The van der Waals surface area contributed by atoms with Gasteiger partial charge in [0.1, 0.15) is 12.4 Å². The highest BCUT2D eigenvalue weighted by Gasteiger charge is 2.21. The molecule has 0 aliphatic rings. The van der Waals surface area contributed by atoms with Crippen LogP contribution in [-0.4, -0.2) is 23.5 Å². The summed E-state index contributed by atoms with van der Waals surface area (Å²) in [7, 11) is 0. The number of pyridine rings is 1. The zero-order chi connectivity index (χ0) is 27.2. The van der Waals surface area contributed by atoms with E-state index in [-0.39, 0.29) is 0 Å². The molecule has 0 radical (unpaired) electrons. The SMILES string of the molecule is Cc1cccc(NC(=O)COC(=O)c2c(C)c(-c3ccc(OCc4ccccc4)cc3)nc3ccccc23)c1. The number of carbonyl (C=O) groups is 2. The van der Waals surface area contributed by atoms with E-state index in [0.717, 1.165) is 22.4 Å². The van der Waals surface area contributed by atoms with Crippen molar-refractivity contribution in [2.24, 2.45) is 0 Å². The average Bonchev–Trinajstić information content (AvgIpc) is 2.95. The zero-order valence-corrected chi connectivity index (χ0v) is 21.8. The number of anilines is 1. The predicted molar refractivity (Wildman–Crippen MR) is 153 cm³/mol. The van der Waals surface area contributed by atoms with Crippen molar-refractivity contribution < 1.29 is 19.1 Å². The number of carbonyl (C=O) groups excluding carboxylic acids is 2. The summed E-state index contributed by atoms with van der Waals surface area (Å²) in [6.07, 6.45) is 0. The van der Waals surface area contributed by atoms with Gasteiger partial charge in [-0.25, -0.2) is 9.78 Å². The molecule has 1 heterocycles. The highest BCUT2D eigenvalue weighted by molar-refractivity contribution is 6.07. The Morgan fingerprint density at radius 3 is 2.33 bits per heavy atom. The number of para-hydroxylation sites is 1. The number of aromatic nitrogens is 1. The molecule has 0 aliphatic carbocycles. The van der Waals surface area contributed by atoms with Crippen LogP contribution in [0.3, 0.4) is 0 Å².